The quantitative estimate of drug-likeness (QED) is 0.170. The van der Waals surface area contributed by atoms with Gasteiger partial charge in [0, 0.05) is 13.8 Å². The van der Waals surface area contributed by atoms with Crippen LogP contribution < -0.4 is 10.6 Å². The number of carbonyl (C=O) groups is 3. The standard InChI is InChI=1S/C14H15I3N2O7S/c1-6(20)18-12-9(15)8(10(16)13(11(12)17)19-7(2)21)14(22)26-4-3-5-27(23,24)25/h3-5H2,1-2H3,(H,18,20)(H,19,21)(H,23,24,25). The van der Waals surface area contributed by atoms with Crippen LogP contribution in [0.3, 0.4) is 0 Å². The highest BCUT2D eigenvalue weighted by molar-refractivity contribution is 14.1. The molecular weight excluding hydrogens is 721 g/mol. The molecule has 0 saturated carbocycles. The van der Waals surface area contributed by atoms with Gasteiger partial charge in [0.05, 0.1) is 40.0 Å². The highest BCUT2D eigenvalue weighted by Gasteiger charge is 2.26. The summed E-state index contributed by atoms with van der Waals surface area (Å²) in [7, 11) is -4.14. The smallest absolute Gasteiger partial charge is 0.340 e. The number of rotatable bonds is 7. The van der Waals surface area contributed by atoms with Gasteiger partial charge >= 0.3 is 5.97 Å². The van der Waals surface area contributed by atoms with Crippen LogP contribution in [0.25, 0.3) is 0 Å². The van der Waals surface area contributed by atoms with Crippen molar-refractivity contribution in [2.24, 2.45) is 0 Å². The SMILES string of the molecule is CC(=O)Nc1c(I)c(NC(C)=O)c(I)c(C(=O)OCCCS(=O)(=O)O)c1I. The number of benzene rings is 1. The second-order valence-electron chi connectivity index (χ2n) is 5.20. The third kappa shape index (κ3) is 7.58. The number of hydrogen-bond acceptors (Lipinski definition) is 6. The van der Waals surface area contributed by atoms with Crippen molar-refractivity contribution < 1.29 is 32.1 Å². The number of carbonyl (C=O) groups excluding carboxylic acids is 3. The third-order valence-corrected chi connectivity index (χ3v) is 6.94. The van der Waals surface area contributed by atoms with Crippen LogP contribution in [0.15, 0.2) is 0 Å². The van der Waals surface area contributed by atoms with Crippen LogP contribution in [0.1, 0.15) is 30.6 Å². The summed E-state index contributed by atoms with van der Waals surface area (Å²) < 4.78 is 36.6. The zero-order valence-corrected chi connectivity index (χ0v) is 21.3. The zero-order chi connectivity index (χ0) is 20.9. The van der Waals surface area contributed by atoms with Gasteiger partial charge in [-0.25, -0.2) is 4.79 Å². The monoisotopic (exact) mass is 736 g/mol. The molecular formula is C14H15I3N2O7S. The molecule has 150 valence electrons. The van der Waals surface area contributed by atoms with Gasteiger partial charge < -0.3 is 15.4 Å². The van der Waals surface area contributed by atoms with Crippen LogP contribution in [-0.4, -0.2) is 43.1 Å². The molecule has 3 N–H and O–H groups in total. The first-order chi connectivity index (χ1) is 12.3. The summed E-state index contributed by atoms with van der Waals surface area (Å²) in [6, 6.07) is 0. The molecule has 2 amide bonds. The van der Waals surface area contributed by atoms with E-state index >= 15 is 0 Å². The fraction of sp³-hybridized carbons (Fsp3) is 0.357. The molecule has 0 saturated heterocycles. The van der Waals surface area contributed by atoms with E-state index in [1.54, 1.807) is 0 Å². The summed E-state index contributed by atoms with van der Waals surface area (Å²) in [4.78, 5) is 35.6. The van der Waals surface area contributed by atoms with Crippen molar-refractivity contribution in [1.29, 1.82) is 0 Å². The second kappa shape index (κ2) is 10.5. The predicted molar refractivity (Wildman–Crippen MR) is 125 cm³/mol. The van der Waals surface area contributed by atoms with Gasteiger partial charge in [-0.2, -0.15) is 8.42 Å². The Morgan fingerprint density at radius 1 is 0.963 bits per heavy atom. The van der Waals surface area contributed by atoms with E-state index in [0.717, 1.165) is 0 Å². The fourth-order valence-electron chi connectivity index (χ4n) is 1.89. The normalized spacial score (nSPS) is 11.0. The molecule has 0 aliphatic rings. The third-order valence-electron chi connectivity index (χ3n) is 2.90. The predicted octanol–water partition coefficient (Wildman–Crippen LogP) is 2.85. The summed E-state index contributed by atoms with van der Waals surface area (Å²) in [5.41, 5.74) is 0.853. The maximum absolute atomic E-state index is 12.5. The number of ether oxygens (including phenoxy) is 1. The van der Waals surface area contributed by atoms with Gasteiger partial charge in [0.1, 0.15) is 0 Å². The number of hydrogen-bond donors (Lipinski definition) is 3. The van der Waals surface area contributed by atoms with E-state index in [-0.39, 0.29) is 30.4 Å². The molecule has 0 spiro atoms. The average molecular weight is 736 g/mol. The molecule has 0 fully saturated rings. The molecule has 1 aromatic rings. The molecule has 1 rings (SSSR count). The van der Waals surface area contributed by atoms with E-state index in [1.807, 2.05) is 67.8 Å². The first-order valence-electron chi connectivity index (χ1n) is 7.23. The van der Waals surface area contributed by atoms with Crippen molar-refractivity contribution in [2.45, 2.75) is 20.3 Å². The summed E-state index contributed by atoms with van der Waals surface area (Å²) >= 11 is 5.74. The molecule has 0 aromatic heterocycles. The second-order valence-corrected chi connectivity index (χ2v) is 10.0. The Morgan fingerprint density at radius 3 is 1.78 bits per heavy atom. The van der Waals surface area contributed by atoms with Crippen LogP contribution in [0, 0.1) is 10.7 Å². The van der Waals surface area contributed by atoms with Crippen LogP contribution in [-0.2, 0) is 24.4 Å². The van der Waals surface area contributed by atoms with E-state index in [1.165, 1.54) is 13.8 Å². The van der Waals surface area contributed by atoms with Crippen LogP contribution in [0.4, 0.5) is 11.4 Å². The summed E-state index contributed by atoms with van der Waals surface area (Å²) in [6.07, 6.45) is -0.0702. The van der Waals surface area contributed by atoms with Crippen molar-refractivity contribution in [3.05, 3.63) is 16.3 Å². The van der Waals surface area contributed by atoms with E-state index in [9.17, 15) is 22.8 Å². The minimum absolute atomic E-state index is 0.0702. The molecule has 27 heavy (non-hydrogen) atoms. The van der Waals surface area contributed by atoms with Crippen molar-refractivity contribution in [2.75, 3.05) is 23.0 Å². The van der Waals surface area contributed by atoms with Gasteiger partial charge in [-0.05, 0) is 74.2 Å². The maximum Gasteiger partial charge on any atom is 0.340 e. The number of esters is 1. The molecule has 0 bridgehead atoms. The van der Waals surface area contributed by atoms with Gasteiger partial charge in [0.2, 0.25) is 11.8 Å². The summed E-state index contributed by atoms with van der Waals surface area (Å²) in [6.45, 7) is 2.41. The lowest BCUT2D eigenvalue weighted by atomic mass is 10.1. The Hall–Kier alpha value is -0.270. The topological polar surface area (TPSA) is 139 Å². The first-order valence-corrected chi connectivity index (χ1v) is 12.1. The van der Waals surface area contributed by atoms with Crippen LogP contribution in [0.5, 0.6) is 0 Å². The molecule has 1 aromatic carbocycles. The van der Waals surface area contributed by atoms with Gasteiger partial charge in [0.15, 0.2) is 0 Å². The average Bonchev–Trinajstić information content (AvgIpc) is 2.51. The molecule has 0 aliphatic heterocycles. The molecule has 9 nitrogen and oxygen atoms in total. The lowest BCUT2D eigenvalue weighted by Crippen LogP contribution is -2.19. The largest absolute Gasteiger partial charge is 0.462 e. The van der Waals surface area contributed by atoms with Gasteiger partial charge in [-0.15, -0.1) is 0 Å². The number of nitrogens with one attached hydrogen (secondary N) is 2. The highest BCUT2D eigenvalue weighted by atomic mass is 127. The van der Waals surface area contributed by atoms with Gasteiger partial charge in [-0.3, -0.25) is 14.1 Å². The van der Waals surface area contributed by atoms with E-state index in [2.05, 4.69) is 10.6 Å². The van der Waals surface area contributed by atoms with Gasteiger partial charge in [0.25, 0.3) is 10.1 Å². The molecule has 13 heteroatoms. The molecule has 0 unspecified atom stereocenters. The zero-order valence-electron chi connectivity index (χ0n) is 14.1. The molecule has 0 atom stereocenters. The minimum Gasteiger partial charge on any atom is -0.462 e. The highest BCUT2D eigenvalue weighted by Crippen LogP contribution is 2.39. The molecule has 0 radical (unpaired) electrons. The minimum atomic E-state index is -4.14. The van der Waals surface area contributed by atoms with E-state index in [0.29, 0.717) is 22.1 Å². The summed E-state index contributed by atoms with van der Waals surface area (Å²) in [5.74, 6) is -1.98. The Labute approximate surface area is 196 Å². The van der Waals surface area contributed by atoms with Crippen molar-refractivity contribution >= 4 is 107 Å². The Balaban J connectivity index is 3.28. The Morgan fingerprint density at radius 2 is 1.41 bits per heavy atom. The number of halogens is 3. The first kappa shape index (κ1) is 24.8. The van der Waals surface area contributed by atoms with Crippen molar-refractivity contribution in [1.82, 2.24) is 0 Å². The fourth-order valence-corrected chi connectivity index (χ4v) is 6.52. The Kier molecular flexibility index (Phi) is 9.62. The van der Waals surface area contributed by atoms with Crippen molar-refractivity contribution in [3.63, 3.8) is 0 Å². The van der Waals surface area contributed by atoms with Crippen LogP contribution in [0.2, 0.25) is 0 Å². The maximum atomic E-state index is 12.5. The number of amides is 2. The van der Waals surface area contributed by atoms with Gasteiger partial charge in [-0.1, -0.05) is 0 Å². The summed E-state index contributed by atoms with van der Waals surface area (Å²) in [5, 5.41) is 5.27. The van der Waals surface area contributed by atoms with E-state index < -0.39 is 21.8 Å². The lowest BCUT2D eigenvalue weighted by molar-refractivity contribution is -0.115. The van der Waals surface area contributed by atoms with Crippen molar-refractivity contribution in [3.8, 4) is 0 Å². The lowest BCUT2D eigenvalue weighted by Gasteiger charge is -2.19. The molecule has 0 aliphatic carbocycles. The van der Waals surface area contributed by atoms with Crippen LogP contribution >= 0.6 is 67.8 Å². The number of anilines is 2. The molecule has 0 heterocycles. The Bertz CT molecular complexity index is 844. The van der Waals surface area contributed by atoms with E-state index in [4.69, 9.17) is 9.29 Å².